The second-order valence-corrected chi connectivity index (χ2v) is 10.7. The third kappa shape index (κ3) is 5.02. The van der Waals surface area contributed by atoms with Crippen LogP contribution in [0.4, 0.5) is 17.8 Å². The number of rotatable bonds is 7. The summed E-state index contributed by atoms with van der Waals surface area (Å²) in [6.07, 6.45) is 6.51. The lowest BCUT2D eigenvalue weighted by Crippen LogP contribution is -2.25. The standard InChI is InChI=1S/C28H30Cl2N8/c1-19-23(22-8-2-3-9-25(22)38(19)18-20-10-11-21(29)16-24(20)30)17-31-35-26-32-27(36-12-4-5-13-36)34-28(33-26)37-14-6-7-15-37/h2-3,8-11,16-17H,4-7,12-15,18H2,1H3,(H,32,33,34,35)/b31-17-. The predicted molar refractivity (Wildman–Crippen MR) is 156 cm³/mol. The Morgan fingerprint density at radius 1 is 0.895 bits per heavy atom. The van der Waals surface area contributed by atoms with Crippen LogP contribution in [0.3, 0.4) is 0 Å². The minimum Gasteiger partial charge on any atom is -0.341 e. The summed E-state index contributed by atoms with van der Waals surface area (Å²) in [5, 5.41) is 6.99. The largest absolute Gasteiger partial charge is 0.341 e. The molecule has 2 aliphatic heterocycles. The Morgan fingerprint density at radius 2 is 1.55 bits per heavy atom. The second-order valence-electron chi connectivity index (χ2n) is 9.86. The highest BCUT2D eigenvalue weighted by atomic mass is 35.5. The molecule has 0 aliphatic carbocycles. The van der Waals surface area contributed by atoms with Gasteiger partial charge in [0.15, 0.2) is 0 Å². The van der Waals surface area contributed by atoms with Crippen molar-refractivity contribution < 1.29 is 0 Å². The fraction of sp³-hybridized carbons (Fsp3) is 0.357. The van der Waals surface area contributed by atoms with Crippen molar-refractivity contribution in [2.24, 2.45) is 5.10 Å². The summed E-state index contributed by atoms with van der Waals surface area (Å²) in [7, 11) is 0. The zero-order chi connectivity index (χ0) is 26.1. The quantitative estimate of drug-likeness (QED) is 0.221. The van der Waals surface area contributed by atoms with Gasteiger partial charge < -0.3 is 14.4 Å². The van der Waals surface area contributed by atoms with Crippen LogP contribution < -0.4 is 15.2 Å². The van der Waals surface area contributed by atoms with Crippen LogP contribution >= 0.6 is 23.2 Å². The van der Waals surface area contributed by atoms with Gasteiger partial charge >= 0.3 is 0 Å². The first kappa shape index (κ1) is 24.9. The molecule has 0 bridgehead atoms. The average Bonchev–Trinajstić information content (AvgIpc) is 3.69. The summed E-state index contributed by atoms with van der Waals surface area (Å²) < 4.78 is 2.26. The Labute approximate surface area is 232 Å². The minimum atomic E-state index is 0.467. The number of aromatic nitrogens is 4. The van der Waals surface area contributed by atoms with Crippen molar-refractivity contribution in [3.8, 4) is 0 Å². The van der Waals surface area contributed by atoms with Gasteiger partial charge in [0.1, 0.15) is 0 Å². The van der Waals surface area contributed by atoms with E-state index in [2.05, 4.69) is 44.0 Å². The normalized spacial score (nSPS) is 15.9. The summed E-state index contributed by atoms with van der Waals surface area (Å²) in [4.78, 5) is 18.7. The number of nitrogens with zero attached hydrogens (tertiary/aromatic N) is 7. The highest BCUT2D eigenvalue weighted by Gasteiger charge is 2.21. The third-order valence-electron chi connectivity index (χ3n) is 7.37. The number of hydrogen-bond donors (Lipinski definition) is 1. The highest BCUT2D eigenvalue weighted by Crippen LogP contribution is 2.29. The van der Waals surface area contributed by atoms with Crippen molar-refractivity contribution in [1.29, 1.82) is 0 Å². The van der Waals surface area contributed by atoms with Gasteiger partial charge in [-0.05, 0) is 56.4 Å². The van der Waals surface area contributed by atoms with E-state index in [4.69, 9.17) is 38.2 Å². The van der Waals surface area contributed by atoms with E-state index in [1.54, 1.807) is 6.07 Å². The van der Waals surface area contributed by atoms with Gasteiger partial charge in [0.05, 0.1) is 6.21 Å². The molecular formula is C28H30Cl2N8. The fourth-order valence-electron chi connectivity index (χ4n) is 5.32. The molecule has 38 heavy (non-hydrogen) atoms. The van der Waals surface area contributed by atoms with E-state index in [9.17, 15) is 0 Å². The topological polar surface area (TPSA) is 74.5 Å². The number of nitrogens with one attached hydrogen (secondary N) is 1. The molecule has 196 valence electrons. The Bertz CT molecular complexity index is 1450. The van der Waals surface area contributed by atoms with E-state index in [0.29, 0.717) is 22.5 Å². The Morgan fingerprint density at radius 3 is 2.21 bits per heavy atom. The SMILES string of the molecule is Cc1c(/C=N\Nc2nc(N3CCCC3)nc(N3CCCC3)n2)c2ccccc2n1Cc1ccc(Cl)cc1Cl. The Balaban J connectivity index is 1.30. The number of anilines is 3. The van der Waals surface area contributed by atoms with Crippen LogP contribution in [0.25, 0.3) is 10.9 Å². The maximum atomic E-state index is 6.50. The number of hydrazone groups is 1. The second kappa shape index (κ2) is 10.8. The number of fused-ring (bicyclic) bond motifs is 1. The van der Waals surface area contributed by atoms with Crippen LogP contribution in [0.1, 0.15) is 42.5 Å². The molecular weight excluding hydrogens is 519 g/mol. The summed E-state index contributed by atoms with van der Waals surface area (Å²) in [5.74, 6) is 1.92. The Hall–Kier alpha value is -3.36. The number of benzene rings is 2. The first-order valence-electron chi connectivity index (χ1n) is 13.1. The first-order chi connectivity index (χ1) is 18.6. The van der Waals surface area contributed by atoms with Crippen LogP contribution in [-0.4, -0.2) is 51.9 Å². The smallest absolute Gasteiger partial charge is 0.250 e. The summed E-state index contributed by atoms with van der Waals surface area (Å²) >= 11 is 12.6. The van der Waals surface area contributed by atoms with Gasteiger partial charge in [-0.2, -0.15) is 20.1 Å². The molecule has 2 aromatic heterocycles. The molecule has 0 saturated carbocycles. The maximum Gasteiger partial charge on any atom is 0.250 e. The molecule has 10 heteroatoms. The minimum absolute atomic E-state index is 0.467. The Kier molecular flexibility index (Phi) is 7.08. The lowest BCUT2D eigenvalue weighted by molar-refractivity contribution is 0.804. The summed E-state index contributed by atoms with van der Waals surface area (Å²) in [6.45, 7) is 6.64. The molecule has 4 heterocycles. The highest BCUT2D eigenvalue weighted by molar-refractivity contribution is 6.35. The zero-order valence-corrected chi connectivity index (χ0v) is 22.9. The van der Waals surface area contributed by atoms with Gasteiger partial charge in [0.2, 0.25) is 17.8 Å². The lowest BCUT2D eigenvalue weighted by Gasteiger charge is -2.20. The molecule has 8 nitrogen and oxygen atoms in total. The molecule has 0 radical (unpaired) electrons. The van der Waals surface area contributed by atoms with E-state index < -0.39 is 0 Å². The van der Waals surface area contributed by atoms with Gasteiger partial charge in [-0.3, -0.25) is 0 Å². The van der Waals surface area contributed by atoms with E-state index in [1.807, 2.05) is 30.5 Å². The number of para-hydroxylation sites is 1. The van der Waals surface area contributed by atoms with Gasteiger partial charge in [-0.25, -0.2) is 5.43 Å². The maximum absolute atomic E-state index is 6.50. The summed E-state index contributed by atoms with van der Waals surface area (Å²) in [6, 6.07) is 14.0. The molecule has 2 saturated heterocycles. The molecule has 0 amide bonds. The van der Waals surface area contributed by atoms with E-state index in [-0.39, 0.29) is 0 Å². The molecule has 0 atom stereocenters. The van der Waals surface area contributed by atoms with Crippen molar-refractivity contribution in [1.82, 2.24) is 19.5 Å². The van der Waals surface area contributed by atoms with Crippen LogP contribution in [0.2, 0.25) is 10.0 Å². The van der Waals surface area contributed by atoms with Gasteiger partial charge in [0.25, 0.3) is 0 Å². The van der Waals surface area contributed by atoms with E-state index >= 15 is 0 Å². The zero-order valence-electron chi connectivity index (χ0n) is 21.4. The monoisotopic (exact) mass is 548 g/mol. The molecule has 6 rings (SSSR count). The first-order valence-corrected chi connectivity index (χ1v) is 13.9. The molecule has 0 spiro atoms. The van der Waals surface area contributed by atoms with Crippen molar-refractivity contribution in [2.45, 2.75) is 39.2 Å². The van der Waals surface area contributed by atoms with Crippen LogP contribution in [0, 0.1) is 6.92 Å². The van der Waals surface area contributed by atoms with Gasteiger partial charge in [-0.1, -0.05) is 47.5 Å². The van der Waals surface area contributed by atoms with Crippen LogP contribution in [-0.2, 0) is 6.54 Å². The molecule has 2 aliphatic rings. The van der Waals surface area contributed by atoms with Crippen molar-refractivity contribution in [3.05, 3.63) is 69.3 Å². The fourth-order valence-corrected chi connectivity index (χ4v) is 5.79. The predicted octanol–water partition coefficient (Wildman–Crippen LogP) is 6.14. The number of hydrogen-bond acceptors (Lipinski definition) is 7. The molecule has 1 N–H and O–H groups in total. The van der Waals surface area contributed by atoms with Crippen molar-refractivity contribution in [2.75, 3.05) is 41.4 Å². The van der Waals surface area contributed by atoms with E-state index in [0.717, 1.165) is 91.5 Å². The van der Waals surface area contributed by atoms with Crippen LogP contribution in [0.5, 0.6) is 0 Å². The molecule has 4 aromatic rings. The third-order valence-corrected chi connectivity index (χ3v) is 7.96. The molecule has 2 fully saturated rings. The van der Waals surface area contributed by atoms with Crippen molar-refractivity contribution >= 4 is 58.2 Å². The summed E-state index contributed by atoms with van der Waals surface area (Å²) in [5.41, 5.74) is 7.35. The molecule has 0 unspecified atom stereocenters. The number of halogens is 2. The lowest BCUT2D eigenvalue weighted by atomic mass is 10.1. The van der Waals surface area contributed by atoms with Crippen molar-refractivity contribution in [3.63, 3.8) is 0 Å². The van der Waals surface area contributed by atoms with Gasteiger partial charge in [-0.15, -0.1) is 0 Å². The van der Waals surface area contributed by atoms with E-state index in [1.165, 1.54) is 0 Å². The average molecular weight is 550 g/mol. The van der Waals surface area contributed by atoms with Gasteiger partial charge in [0, 0.05) is 64.9 Å². The van der Waals surface area contributed by atoms with Crippen LogP contribution in [0.15, 0.2) is 47.6 Å². The molecule has 2 aromatic carbocycles.